The van der Waals surface area contributed by atoms with Crippen molar-refractivity contribution in [2.24, 2.45) is 0 Å². The first kappa shape index (κ1) is 14.9. The molecule has 2 rings (SSSR count). The van der Waals surface area contributed by atoms with Crippen LogP contribution in [0.2, 0.25) is 0 Å². The molecule has 0 radical (unpaired) electrons. The van der Waals surface area contributed by atoms with E-state index in [1.807, 2.05) is 24.4 Å². The first-order valence-electron chi connectivity index (χ1n) is 6.87. The fourth-order valence-corrected chi connectivity index (χ4v) is 3.09. The molecule has 1 aromatic carbocycles. The predicted octanol–water partition coefficient (Wildman–Crippen LogP) is 3.85. The Kier molecular flexibility index (Phi) is 5.44. The van der Waals surface area contributed by atoms with Crippen LogP contribution < -0.4 is 14.8 Å². The summed E-state index contributed by atoms with van der Waals surface area (Å²) in [4.78, 5) is 1.25. The Morgan fingerprint density at radius 3 is 2.70 bits per heavy atom. The SMILES string of the molecule is CCNC(c1cccc(OCC)c1)c1cc(OC)cs1. The number of methoxy groups -OCH3 is 1. The van der Waals surface area contributed by atoms with E-state index in [1.165, 1.54) is 10.4 Å². The van der Waals surface area contributed by atoms with Crippen molar-refractivity contribution in [1.82, 2.24) is 5.32 Å². The number of thiophene rings is 1. The van der Waals surface area contributed by atoms with Gasteiger partial charge in [-0.05, 0) is 37.2 Å². The normalized spacial score (nSPS) is 12.2. The lowest BCUT2D eigenvalue weighted by atomic mass is 10.0. The van der Waals surface area contributed by atoms with Gasteiger partial charge in [-0.1, -0.05) is 19.1 Å². The van der Waals surface area contributed by atoms with Gasteiger partial charge in [-0.15, -0.1) is 11.3 Å². The number of rotatable bonds is 7. The molecule has 0 aliphatic rings. The molecule has 1 heterocycles. The summed E-state index contributed by atoms with van der Waals surface area (Å²) in [5, 5.41) is 5.56. The molecular formula is C16H21NO2S. The van der Waals surface area contributed by atoms with E-state index >= 15 is 0 Å². The fraction of sp³-hybridized carbons (Fsp3) is 0.375. The van der Waals surface area contributed by atoms with Crippen LogP contribution in [0, 0.1) is 0 Å². The molecule has 0 aliphatic heterocycles. The van der Waals surface area contributed by atoms with E-state index in [0.717, 1.165) is 18.0 Å². The lowest BCUT2D eigenvalue weighted by Gasteiger charge is -2.17. The maximum absolute atomic E-state index is 5.59. The van der Waals surface area contributed by atoms with Crippen LogP contribution in [0.3, 0.4) is 0 Å². The van der Waals surface area contributed by atoms with Crippen LogP contribution in [0.4, 0.5) is 0 Å². The molecule has 108 valence electrons. The fourth-order valence-electron chi connectivity index (χ4n) is 2.13. The Hall–Kier alpha value is -1.52. The molecule has 0 saturated carbocycles. The van der Waals surface area contributed by atoms with E-state index in [-0.39, 0.29) is 6.04 Å². The third-order valence-corrected chi connectivity index (χ3v) is 4.00. The Balaban J connectivity index is 2.29. The standard InChI is InChI=1S/C16H21NO2S/c1-4-17-16(15-10-14(18-3)11-20-15)12-7-6-8-13(9-12)19-5-2/h6-11,16-17H,4-5H2,1-3H3. The van der Waals surface area contributed by atoms with Crippen LogP contribution in [0.15, 0.2) is 35.7 Å². The Labute approximate surface area is 124 Å². The Morgan fingerprint density at radius 2 is 2.05 bits per heavy atom. The lowest BCUT2D eigenvalue weighted by Crippen LogP contribution is -2.21. The van der Waals surface area contributed by atoms with Gasteiger partial charge in [0.15, 0.2) is 0 Å². The van der Waals surface area contributed by atoms with Crippen LogP contribution in [0.1, 0.15) is 30.3 Å². The summed E-state index contributed by atoms with van der Waals surface area (Å²) in [6, 6.07) is 10.5. The second-order valence-corrected chi connectivity index (χ2v) is 5.33. The molecule has 0 aliphatic carbocycles. The molecule has 1 N–H and O–H groups in total. The molecule has 4 heteroatoms. The molecule has 0 spiro atoms. The molecular weight excluding hydrogens is 270 g/mol. The minimum Gasteiger partial charge on any atom is -0.496 e. The first-order chi connectivity index (χ1) is 9.78. The highest BCUT2D eigenvalue weighted by molar-refractivity contribution is 7.10. The van der Waals surface area contributed by atoms with E-state index in [1.54, 1.807) is 18.4 Å². The van der Waals surface area contributed by atoms with E-state index in [2.05, 4.69) is 30.4 Å². The highest BCUT2D eigenvalue weighted by atomic mass is 32.1. The molecule has 0 fully saturated rings. The Bertz CT molecular complexity index is 539. The molecule has 1 aromatic heterocycles. The highest BCUT2D eigenvalue weighted by Crippen LogP contribution is 2.32. The zero-order chi connectivity index (χ0) is 14.4. The maximum atomic E-state index is 5.59. The summed E-state index contributed by atoms with van der Waals surface area (Å²) in [5.74, 6) is 1.82. The van der Waals surface area contributed by atoms with Crippen molar-refractivity contribution in [3.63, 3.8) is 0 Å². The minimum atomic E-state index is 0.175. The molecule has 0 amide bonds. The molecule has 0 saturated heterocycles. The van der Waals surface area contributed by atoms with Crippen LogP contribution in [0.25, 0.3) is 0 Å². The van der Waals surface area contributed by atoms with Crippen LogP contribution in [0.5, 0.6) is 11.5 Å². The molecule has 0 bridgehead atoms. The highest BCUT2D eigenvalue weighted by Gasteiger charge is 2.16. The Morgan fingerprint density at radius 1 is 1.20 bits per heavy atom. The monoisotopic (exact) mass is 291 g/mol. The predicted molar refractivity (Wildman–Crippen MR) is 84.0 cm³/mol. The van der Waals surface area contributed by atoms with E-state index < -0.39 is 0 Å². The number of hydrogen-bond donors (Lipinski definition) is 1. The van der Waals surface area contributed by atoms with Gasteiger partial charge in [0.2, 0.25) is 0 Å². The van der Waals surface area contributed by atoms with Gasteiger partial charge in [-0.3, -0.25) is 0 Å². The van der Waals surface area contributed by atoms with Gasteiger partial charge in [-0.2, -0.15) is 0 Å². The van der Waals surface area contributed by atoms with E-state index in [0.29, 0.717) is 6.61 Å². The van der Waals surface area contributed by atoms with Gasteiger partial charge < -0.3 is 14.8 Å². The summed E-state index contributed by atoms with van der Waals surface area (Å²) in [7, 11) is 1.70. The molecule has 3 nitrogen and oxygen atoms in total. The third kappa shape index (κ3) is 3.52. The van der Waals surface area contributed by atoms with Gasteiger partial charge in [-0.25, -0.2) is 0 Å². The average molecular weight is 291 g/mol. The quantitative estimate of drug-likeness (QED) is 0.840. The van der Waals surface area contributed by atoms with E-state index in [4.69, 9.17) is 9.47 Å². The second-order valence-electron chi connectivity index (χ2n) is 4.39. The molecule has 2 aromatic rings. The van der Waals surface area contributed by atoms with Crippen molar-refractivity contribution in [1.29, 1.82) is 0 Å². The maximum Gasteiger partial charge on any atom is 0.129 e. The summed E-state index contributed by atoms with van der Waals surface area (Å²) in [5.41, 5.74) is 1.21. The minimum absolute atomic E-state index is 0.175. The summed E-state index contributed by atoms with van der Waals surface area (Å²) >= 11 is 1.71. The molecule has 1 unspecified atom stereocenters. The second kappa shape index (κ2) is 7.31. The number of nitrogens with one attached hydrogen (secondary N) is 1. The van der Waals surface area contributed by atoms with Crippen molar-refractivity contribution in [2.45, 2.75) is 19.9 Å². The number of ether oxygens (including phenoxy) is 2. The molecule has 20 heavy (non-hydrogen) atoms. The zero-order valence-corrected chi connectivity index (χ0v) is 13.0. The average Bonchev–Trinajstić information content (AvgIpc) is 2.94. The third-order valence-electron chi connectivity index (χ3n) is 3.03. The summed E-state index contributed by atoms with van der Waals surface area (Å²) in [6.45, 7) is 5.70. The number of hydrogen-bond acceptors (Lipinski definition) is 4. The van der Waals surface area contributed by atoms with Crippen molar-refractivity contribution in [3.05, 3.63) is 46.2 Å². The van der Waals surface area contributed by atoms with Crippen LogP contribution in [-0.4, -0.2) is 20.3 Å². The summed E-state index contributed by atoms with van der Waals surface area (Å²) < 4.78 is 10.9. The van der Waals surface area contributed by atoms with E-state index in [9.17, 15) is 0 Å². The van der Waals surface area contributed by atoms with Gasteiger partial charge in [0.25, 0.3) is 0 Å². The van der Waals surface area contributed by atoms with Crippen molar-refractivity contribution in [2.75, 3.05) is 20.3 Å². The largest absolute Gasteiger partial charge is 0.496 e. The van der Waals surface area contributed by atoms with Crippen LogP contribution >= 0.6 is 11.3 Å². The smallest absolute Gasteiger partial charge is 0.129 e. The topological polar surface area (TPSA) is 30.5 Å². The van der Waals surface area contributed by atoms with Gasteiger partial charge in [0.05, 0.1) is 19.8 Å². The summed E-state index contributed by atoms with van der Waals surface area (Å²) in [6.07, 6.45) is 0. The van der Waals surface area contributed by atoms with Crippen molar-refractivity contribution in [3.8, 4) is 11.5 Å². The van der Waals surface area contributed by atoms with Crippen LogP contribution in [-0.2, 0) is 0 Å². The zero-order valence-electron chi connectivity index (χ0n) is 12.2. The van der Waals surface area contributed by atoms with Gasteiger partial charge in [0, 0.05) is 10.3 Å². The van der Waals surface area contributed by atoms with Crippen molar-refractivity contribution >= 4 is 11.3 Å². The first-order valence-corrected chi connectivity index (χ1v) is 7.75. The number of benzene rings is 1. The van der Waals surface area contributed by atoms with Crippen molar-refractivity contribution < 1.29 is 9.47 Å². The van der Waals surface area contributed by atoms with Gasteiger partial charge >= 0.3 is 0 Å². The molecule has 1 atom stereocenters. The lowest BCUT2D eigenvalue weighted by molar-refractivity contribution is 0.339. The van der Waals surface area contributed by atoms with Gasteiger partial charge in [0.1, 0.15) is 11.5 Å².